The first-order valence-corrected chi connectivity index (χ1v) is 7.56. The summed E-state index contributed by atoms with van der Waals surface area (Å²) in [5, 5.41) is 2.03. The number of nitrogens with zero attached hydrogens (tertiary/aromatic N) is 1. The number of carbonyl (C=O) groups excluding carboxylic acids is 1. The SMILES string of the molecule is CCCc1cc(C(=O)N2CCCCCC2)cs1. The molecule has 2 rings (SSSR count). The van der Waals surface area contributed by atoms with Gasteiger partial charge in [-0.25, -0.2) is 0 Å². The summed E-state index contributed by atoms with van der Waals surface area (Å²) in [7, 11) is 0. The van der Waals surface area contributed by atoms with Crippen LogP contribution in [0.1, 0.15) is 54.3 Å². The van der Waals surface area contributed by atoms with Gasteiger partial charge in [-0.3, -0.25) is 4.79 Å². The van der Waals surface area contributed by atoms with Gasteiger partial charge in [0, 0.05) is 23.3 Å². The lowest BCUT2D eigenvalue weighted by Crippen LogP contribution is -2.31. The lowest BCUT2D eigenvalue weighted by atomic mass is 10.2. The number of hydrogen-bond donors (Lipinski definition) is 0. The van der Waals surface area contributed by atoms with Crippen molar-refractivity contribution in [3.63, 3.8) is 0 Å². The Hall–Kier alpha value is -0.830. The topological polar surface area (TPSA) is 20.3 Å². The number of thiophene rings is 1. The van der Waals surface area contributed by atoms with Gasteiger partial charge in [-0.15, -0.1) is 11.3 Å². The number of aryl methyl sites for hydroxylation is 1. The van der Waals surface area contributed by atoms with Crippen LogP contribution < -0.4 is 0 Å². The van der Waals surface area contributed by atoms with Gasteiger partial charge in [0.05, 0.1) is 5.56 Å². The molecule has 2 heterocycles. The Labute approximate surface area is 108 Å². The molecule has 1 amide bonds. The quantitative estimate of drug-likeness (QED) is 0.802. The molecular formula is C14H21NOS. The molecule has 1 aliphatic rings. The second-order valence-corrected chi connectivity index (χ2v) is 5.75. The smallest absolute Gasteiger partial charge is 0.254 e. The van der Waals surface area contributed by atoms with E-state index in [1.165, 1.54) is 17.7 Å². The van der Waals surface area contributed by atoms with Gasteiger partial charge in [-0.05, 0) is 25.3 Å². The standard InChI is InChI=1S/C14H21NOS/c1-2-7-13-10-12(11-17-13)14(16)15-8-5-3-4-6-9-15/h10-11H,2-9H2,1H3. The Bertz CT molecular complexity index is 364. The third-order valence-corrected chi connectivity index (χ3v) is 4.29. The van der Waals surface area contributed by atoms with Crippen LogP contribution in [0.5, 0.6) is 0 Å². The summed E-state index contributed by atoms with van der Waals surface area (Å²) in [4.78, 5) is 15.7. The summed E-state index contributed by atoms with van der Waals surface area (Å²) in [6, 6.07) is 2.08. The van der Waals surface area contributed by atoms with E-state index in [1.807, 2.05) is 10.3 Å². The van der Waals surface area contributed by atoms with Crippen molar-refractivity contribution in [2.24, 2.45) is 0 Å². The zero-order valence-corrected chi connectivity index (χ0v) is 11.4. The molecule has 94 valence electrons. The molecule has 1 fully saturated rings. The lowest BCUT2D eigenvalue weighted by molar-refractivity contribution is 0.0762. The van der Waals surface area contributed by atoms with Gasteiger partial charge in [-0.1, -0.05) is 26.2 Å². The molecule has 2 nitrogen and oxygen atoms in total. The van der Waals surface area contributed by atoms with Crippen LogP contribution in [0.2, 0.25) is 0 Å². The van der Waals surface area contributed by atoms with E-state index in [-0.39, 0.29) is 5.91 Å². The van der Waals surface area contributed by atoms with E-state index in [0.29, 0.717) is 0 Å². The Morgan fingerprint density at radius 2 is 2.00 bits per heavy atom. The van der Waals surface area contributed by atoms with Crippen molar-refractivity contribution >= 4 is 17.2 Å². The van der Waals surface area contributed by atoms with E-state index in [9.17, 15) is 4.79 Å². The molecule has 0 saturated carbocycles. The normalized spacial score (nSPS) is 16.9. The summed E-state index contributed by atoms with van der Waals surface area (Å²) in [6.07, 6.45) is 7.12. The van der Waals surface area contributed by atoms with E-state index >= 15 is 0 Å². The molecule has 17 heavy (non-hydrogen) atoms. The predicted octanol–water partition coefficient (Wildman–Crippen LogP) is 3.72. The molecule has 0 spiro atoms. The fraction of sp³-hybridized carbons (Fsp3) is 0.643. The highest BCUT2D eigenvalue weighted by Crippen LogP contribution is 2.19. The highest BCUT2D eigenvalue weighted by atomic mass is 32.1. The summed E-state index contributed by atoms with van der Waals surface area (Å²) < 4.78 is 0. The number of hydrogen-bond acceptors (Lipinski definition) is 2. The number of rotatable bonds is 3. The molecule has 1 aliphatic heterocycles. The van der Waals surface area contributed by atoms with E-state index < -0.39 is 0 Å². The van der Waals surface area contributed by atoms with Crippen LogP contribution in [0.4, 0.5) is 0 Å². The molecule has 1 saturated heterocycles. The predicted molar refractivity (Wildman–Crippen MR) is 72.7 cm³/mol. The zero-order valence-electron chi connectivity index (χ0n) is 10.6. The molecule has 0 unspecified atom stereocenters. The number of amides is 1. The summed E-state index contributed by atoms with van der Waals surface area (Å²) >= 11 is 1.72. The van der Waals surface area contributed by atoms with Gasteiger partial charge in [0.2, 0.25) is 0 Å². The summed E-state index contributed by atoms with van der Waals surface area (Å²) in [5.41, 5.74) is 0.903. The van der Waals surface area contributed by atoms with Crippen LogP contribution in [-0.4, -0.2) is 23.9 Å². The van der Waals surface area contributed by atoms with Crippen LogP contribution in [0.3, 0.4) is 0 Å². The van der Waals surface area contributed by atoms with Gasteiger partial charge in [0.1, 0.15) is 0 Å². The van der Waals surface area contributed by atoms with Crippen LogP contribution >= 0.6 is 11.3 Å². The van der Waals surface area contributed by atoms with Gasteiger partial charge >= 0.3 is 0 Å². The van der Waals surface area contributed by atoms with Crippen molar-refractivity contribution in [2.45, 2.75) is 45.4 Å². The molecule has 0 aliphatic carbocycles. The minimum Gasteiger partial charge on any atom is -0.339 e. The highest BCUT2D eigenvalue weighted by Gasteiger charge is 2.18. The monoisotopic (exact) mass is 251 g/mol. The number of carbonyl (C=O) groups is 1. The fourth-order valence-corrected chi connectivity index (χ4v) is 3.29. The van der Waals surface area contributed by atoms with E-state index in [4.69, 9.17) is 0 Å². The maximum absolute atomic E-state index is 12.3. The van der Waals surface area contributed by atoms with Gasteiger partial charge in [0.25, 0.3) is 5.91 Å². The minimum atomic E-state index is 0.241. The Morgan fingerprint density at radius 1 is 1.29 bits per heavy atom. The van der Waals surface area contributed by atoms with Crippen molar-refractivity contribution in [2.75, 3.05) is 13.1 Å². The van der Waals surface area contributed by atoms with Crippen LogP contribution in [0.25, 0.3) is 0 Å². The second kappa shape index (κ2) is 6.20. The largest absolute Gasteiger partial charge is 0.339 e. The highest BCUT2D eigenvalue weighted by molar-refractivity contribution is 7.10. The zero-order chi connectivity index (χ0) is 12.1. The molecule has 3 heteroatoms. The van der Waals surface area contributed by atoms with Crippen molar-refractivity contribution in [1.29, 1.82) is 0 Å². The molecule has 1 aromatic rings. The van der Waals surface area contributed by atoms with E-state index in [1.54, 1.807) is 11.3 Å². The Morgan fingerprint density at radius 3 is 2.65 bits per heavy atom. The molecule has 0 bridgehead atoms. The average Bonchev–Trinajstić information content (AvgIpc) is 2.64. The fourth-order valence-electron chi connectivity index (χ4n) is 2.33. The van der Waals surface area contributed by atoms with Crippen molar-refractivity contribution < 1.29 is 4.79 Å². The van der Waals surface area contributed by atoms with Crippen molar-refractivity contribution in [3.05, 3.63) is 21.9 Å². The third kappa shape index (κ3) is 3.32. The Kier molecular flexibility index (Phi) is 4.60. The Balaban J connectivity index is 2.01. The minimum absolute atomic E-state index is 0.241. The molecular weight excluding hydrogens is 230 g/mol. The maximum atomic E-state index is 12.3. The van der Waals surface area contributed by atoms with Gasteiger partial charge < -0.3 is 4.90 Å². The molecule has 0 radical (unpaired) electrons. The molecule has 0 aromatic carbocycles. The van der Waals surface area contributed by atoms with Crippen molar-refractivity contribution in [1.82, 2.24) is 4.90 Å². The molecule has 0 atom stereocenters. The maximum Gasteiger partial charge on any atom is 0.254 e. The first kappa shape index (κ1) is 12.6. The van der Waals surface area contributed by atoms with Gasteiger partial charge in [0.15, 0.2) is 0 Å². The second-order valence-electron chi connectivity index (χ2n) is 4.76. The van der Waals surface area contributed by atoms with E-state index in [2.05, 4.69) is 13.0 Å². The molecule has 0 N–H and O–H groups in total. The average molecular weight is 251 g/mol. The first-order chi connectivity index (χ1) is 8.31. The van der Waals surface area contributed by atoms with Crippen LogP contribution in [0.15, 0.2) is 11.4 Å². The number of likely N-dealkylation sites (tertiary alicyclic amines) is 1. The van der Waals surface area contributed by atoms with Crippen LogP contribution in [-0.2, 0) is 6.42 Å². The van der Waals surface area contributed by atoms with E-state index in [0.717, 1.165) is 44.3 Å². The van der Waals surface area contributed by atoms with Gasteiger partial charge in [-0.2, -0.15) is 0 Å². The third-order valence-electron chi connectivity index (χ3n) is 3.29. The first-order valence-electron chi connectivity index (χ1n) is 6.68. The molecule has 1 aromatic heterocycles. The summed E-state index contributed by atoms with van der Waals surface area (Å²) in [6.45, 7) is 4.06. The lowest BCUT2D eigenvalue weighted by Gasteiger charge is -2.19. The summed E-state index contributed by atoms with van der Waals surface area (Å²) in [5.74, 6) is 0.241. The van der Waals surface area contributed by atoms with Crippen molar-refractivity contribution in [3.8, 4) is 0 Å². The van der Waals surface area contributed by atoms with Crippen LogP contribution in [0, 0.1) is 0 Å².